The van der Waals surface area contributed by atoms with Crippen molar-refractivity contribution in [1.29, 1.82) is 0 Å². The fraction of sp³-hybridized carbons (Fsp3) is 0.900. The lowest BCUT2D eigenvalue weighted by Gasteiger charge is -2.24. The van der Waals surface area contributed by atoms with Crippen LogP contribution in [0.4, 0.5) is 0 Å². The van der Waals surface area contributed by atoms with E-state index < -0.39 is 12.0 Å². The largest absolute Gasteiger partial charge is 0.480 e. The number of hydrogen-bond donors (Lipinski definition) is 2. The second kappa shape index (κ2) is 5.98. The summed E-state index contributed by atoms with van der Waals surface area (Å²) < 4.78 is 0. The fourth-order valence-electron chi connectivity index (χ4n) is 1.46. The van der Waals surface area contributed by atoms with Crippen molar-refractivity contribution in [3.63, 3.8) is 0 Å². The van der Waals surface area contributed by atoms with Gasteiger partial charge >= 0.3 is 5.97 Å². The molecule has 0 amide bonds. The summed E-state index contributed by atoms with van der Waals surface area (Å²) in [4.78, 5) is 12.9. The van der Waals surface area contributed by atoms with Crippen molar-refractivity contribution in [1.82, 2.24) is 10.2 Å². The Hall–Kier alpha value is -0.610. The van der Waals surface area contributed by atoms with Gasteiger partial charge in [-0.2, -0.15) is 0 Å². The molecule has 0 fully saturated rings. The van der Waals surface area contributed by atoms with Gasteiger partial charge in [0.15, 0.2) is 0 Å². The van der Waals surface area contributed by atoms with Crippen LogP contribution in [0, 0.1) is 5.92 Å². The van der Waals surface area contributed by atoms with Gasteiger partial charge in [0.05, 0.1) is 0 Å². The Bertz CT molecular complexity index is 181. The SMILES string of the molecule is CC(CN(C)C)NC(C(=O)O)C(C)C. The molecule has 0 aromatic heterocycles. The van der Waals surface area contributed by atoms with E-state index in [0.29, 0.717) is 0 Å². The summed E-state index contributed by atoms with van der Waals surface area (Å²) in [6, 6.07) is -0.265. The van der Waals surface area contributed by atoms with Gasteiger partial charge in [-0.25, -0.2) is 0 Å². The Labute approximate surface area is 86.3 Å². The minimum atomic E-state index is -0.773. The highest BCUT2D eigenvalue weighted by Gasteiger charge is 2.22. The highest BCUT2D eigenvalue weighted by molar-refractivity contribution is 5.73. The lowest BCUT2D eigenvalue weighted by atomic mass is 10.0. The number of carboxylic acid groups (broad SMARTS) is 1. The Balaban J connectivity index is 4.10. The molecular weight excluding hydrogens is 180 g/mol. The molecule has 0 aromatic rings. The molecule has 4 heteroatoms. The number of rotatable bonds is 6. The number of nitrogens with zero attached hydrogens (tertiary/aromatic N) is 1. The monoisotopic (exact) mass is 202 g/mol. The van der Waals surface area contributed by atoms with Crippen molar-refractivity contribution in [2.45, 2.75) is 32.9 Å². The molecule has 14 heavy (non-hydrogen) atoms. The molecule has 84 valence electrons. The third kappa shape index (κ3) is 5.19. The van der Waals surface area contributed by atoms with E-state index in [0.717, 1.165) is 6.54 Å². The predicted octanol–water partition coefficient (Wildman–Crippen LogP) is 0.635. The van der Waals surface area contributed by atoms with Gasteiger partial charge in [-0.3, -0.25) is 4.79 Å². The maximum Gasteiger partial charge on any atom is 0.320 e. The van der Waals surface area contributed by atoms with E-state index in [1.165, 1.54) is 0 Å². The second-order valence-corrected chi connectivity index (χ2v) is 4.39. The molecule has 0 spiro atoms. The maximum absolute atomic E-state index is 10.9. The third-order valence-electron chi connectivity index (χ3n) is 2.04. The molecule has 0 aliphatic carbocycles. The van der Waals surface area contributed by atoms with Crippen LogP contribution in [0.15, 0.2) is 0 Å². The van der Waals surface area contributed by atoms with Gasteiger partial charge in [-0.15, -0.1) is 0 Å². The maximum atomic E-state index is 10.9. The van der Waals surface area contributed by atoms with Crippen molar-refractivity contribution in [3.8, 4) is 0 Å². The zero-order chi connectivity index (χ0) is 11.3. The molecule has 4 nitrogen and oxygen atoms in total. The molecular formula is C10H22N2O2. The molecule has 0 heterocycles. The molecule has 0 bridgehead atoms. The van der Waals surface area contributed by atoms with E-state index in [1.54, 1.807) is 0 Å². The van der Waals surface area contributed by atoms with E-state index in [1.807, 2.05) is 39.8 Å². The quantitative estimate of drug-likeness (QED) is 0.663. The van der Waals surface area contributed by atoms with E-state index in [2.05, 4.69) is 5.32 Å². The van der Waals surface area contributed by atoms with Gasteiger partial charge < -0.3 is 15.3 Å². The first-order valence-corrected chi connectivity index (χ1v) is 4.98. The van der Waals surface area contributed by atoms with Crippen LogP contribution in [0.2, 0.25) is 0 Å². The average molecular weight is 202 g/mol. The molecule has 0 radical (unpaired) electrons. The molecule has 0 aliphatic rings. The lowest BCUT2D eigenvalue weighted by molar-refractivity contribution is -0.140. The molecule has 0 aromatic carbocycles. The average Bonchev–Trinajstić information content (AvgIpc) is 1.97. The van der Waals surface area contributed by atoms with Crippen LogP contribution in [0.3, 0.4) is 0 Å². The molecule has 0 saturated carbocycles. The summed E-state index contributed by atoms with van der Waals surface area (Å²) >= 11 is 0. The topological polar surface area (TPSA) is 52.6 Å². The van der Waals surface area contributed by atoms with Crippen LogP contribution in [0.25, 0.3) is 0 Å². The van der Waals surface area contributed by atoms with E-state index >= 15 is 0 Å². The summed E-state index contributed by atoms with van der Waals surface area (Å²) in [5.41, 5.74) is 0. The summed E-state index contributed by atoms with van der Waals surface area (Å²) in [5.74, 6) is -0.664. The standard InChI is InChI=1S/C10H22N2O2/c1-7(2)9(10(13)14)11-8(3)6-12(4)5/h7-9,11H,6H2,1-5H3,(H,13,14). The number of likely N-dealkylation sites (N-methyl/N-ethyl adjacent to an activating group) is 1. The minimum absolute atomic E-state index is 0.108. The number of hydrogen-bond acceptors (Lipinski definition) is 3. The van der Waals surface area contributed by atoms with E-state index in [9.17, 15) is 4.79 Å². The Morgan fingerprint density at radius 2 is 1.86 bits per heavy atom. The minimum Gasteiger partial charge on any atom is -0.480 e. The van der Waals surface area contributed by atoms with Crippen molar-refractivity contribution in [3.05, 3.63) is 0 Å². The summed E-state index contributed by atoms with van der Waals surface area (Å²) in [6.45, 7) is 6.66. The van der Waals surface area contributed by atoms with Gasteiger partial charge in [0, 0.05) is 12.6 Å². The molecule has 2 N–H and O–H groups in total. The fourth-order valence-corrected chi connectivity index (χ4v) is 1.46. The van der Waals surface area contributed by atoms with E-state index in [-0.39, 0.29) is 12.0 Å². The van der Waals surface area contributed by atoms with Crippen LogP contribution in [0.5, 0.6) is 0 Å². The highest BCUT2D eigenvalue weighted by Crippen LogP contribution is 2.03. The zero-order valence-corrected chi connectivity index (χ0v) is 9.74. The van der Waals surface area contributed by atoms with E-state index in [4.69, 9.17) is 5.11 Å². The van der Waals surface area contributed by atoms with Crippen LogP contribution in [-0.2, 0) is 4.79 Å². The molecule has 0 saturated heterocycles. The van der Waals surface area contributed by atoms with Crippen LogP contribution in [-0.4, -0.2) is 48.7 Å². The second-order valence-electron chi connectivity index (χ2n) is 4.39. The smallest absolute Gasteiger partial charge is 0.320 e. The first kappa shape index (κ1) is 13.4. The Kier molecular flexibility index (Phi) is 5.72. The number of carbonyl (C=O) groups is 1. The first-order chi connectivity index (χ1) is 6.34. The first-order valence-electron chi connectivity index (χ1n) is 4.98. The Morgan fingerprint density at radius 1 is 1.36 bits per heavy atom. The normalized spacial score (nSPS) is 15.9. The summed E-state index contributed by atoms with van der Waals surface area (Å²) in [7, 11) is 3.95. The molecule has 0 rings (SSSR count). The number of nitrogens with one attached hydrogen (secondary N) is 1. The molecule has 2 unspecified atom stereocenters. The van der Waals surface area contributed by atoms with Gasteiger partial charge in [0.2, 0.25) is 0 Å². The van der Waals surface area contributed by atoms with Gasteiger partial charge in [-0.1, -0.05) is 13.8 Å². The zero-order valence-electron chi connectivity index (χ0n) is 9.74. The van der Waals surface area contributed by atoms with Crippen LogP contribution < -0.4 is 5.32 Å². The third-order valence-corrected chi connectivity index (χ3v) is 2.04. The summed E-state index contributed by atoms with van der Waals surface area (Å²) in [6.07, 6.45) is 0. The van der Waals surface area contributed by atoms with Crippen molar-refractivity contribution >= 4 is 5.97 Å². The molecule has 2 atom stereocenters. The Morgan fingerprint density at radius 3 is 2.14 bits per heavy atom. The lowest BCUT2D eigenvalue weighted by Crippen LogP contribution is -2.48. The predicted molar refractivity (Wildman–Crippen MR) is 57.4 cm³/mol. The molecule has 0 aliphatic heterocycles. The van der Waals surface area contributed by atoms with Crippen LogP contribution in [0.1, 0.15) is 20.8 Å². The highest BCUT2D eigenvalue weighted by atomic mass is 16.4. The van der Waals surface area contributed by atoms with Gasteiger partial charge in [-0.05, 0) is 26.9 Å². The number of aliphatic carboxylic acids is 1. The van der Waals surface area contributed by atoms with Gasteiger partial charge in [0.1, 0.15) is 6.04 Å². The number of carboxylic acids is 1. The summed E-state index contributed by atoms with van der Waals surface area (Å²) in [5, 5.41) is 12.1. The van der Waals surface area contributed by atoms with Crippen molar-refractivity contribution < 1.29 is 9.90 Å². The van der Waals surface area contributed by atoms with Gasteiger partial charge in [0.25, 0.3) is 0 Å². The van der Waals surface area contributed by atoms with Crippen molar-refractivity contribution in [2.75, 3.05) is 20.6 Å². The van der Waals surface area contributed by atoms with Crippen LogP contribution >= 0.6 is 0 Å². The van der Waals surface area contributed by atoms with Crippen molar-refractivity contribution in [2.24, 2.45) is 5.92 Å².